The molecular weight excluding hydrogens is 284 g/mol. The summed E-state index contributed by atoms with van der Waals surface area (Å²) in [5.74, 6) is 0.0111. The fourth-order valence-electron chi connectivity index (χ4n) is 2.31. The minimum atomic E-state index is -0.452. The SMILES string of the molecule is CCC(N)(CC)CNC(=O)c1c(C)oc2ncn(C)c(=O)c12. The normalized spacial score (nSPS) is 11.9. The Bertz CT molecular complexity index is 756. The zero-order valence-corrected chi connectivity index (χ0v) is 13.4. The smallest absolute Gasteiger partial charge is 0.265 e. The Balaban J connectivity index is 2.38. The highest BCUT2D eigenvalue weighted by Crippen LogP contribution is 2.21. The Hall–Kier alpha value is -2.15. The van der Waals surface area contributed by atoms with Crippen LogP contribution in [0.15, 0.2) is 15.5 Å². The molecule has 22 heavy (non-hydrogen) atoms. The van der Waals surface area contributed by atoms with Crippen LogP contribution in [0.2, 0.25) is 0 Å². The third-order valence-corrected chi connectivity index (χ3v) is 4.18. The molecule has 2 heterocycles. The van der Waals surface area contributed by atoms with E-state index in [1.54, 1.807) is 14.0 Å². The first-order valence-electron chi connectivity index (χ1n) is 7.34. The van der Waals surface area contributed by atoms with Crippen molar-refractivity contribution in [3.63, 3.8) is 0 Å². The second-order valence-electron chi connectivity index (χ2n) is 5.63. The van der Waals surface area contributed by atoms with Crippen LogP contribution in [0.1, 0.15) is 42.8 Å². The van der Waals surface area contributed by atoms with Crippen molar-refractivity contribution in [2.75, 3.05) is 6.54 Å². The number of amides is 1. The molecule has 2 aromatic heterocycles. The summed E-state index contributed by atoms with van der Waals surface area (Å²) in [5, 5.41) is 3.01. The van der Waals surface area contributed by atoms with Crippen LogP contribution in [-0.4, -0.2) is 27.5 Å². The van der Waals surface area contributed by atoms with Crippen LogP contribution >= 0.6 is 0 Å². The number of hydrogen-bond donors (Lipinski definition) is 2. The van der Waals surface area contributed by atoms with Gasteiger partial charge in [0.05, 0.1) is 5.56 Å². The van der Waals surface area contributed by atoms with Gasteiger partial charge >= 0.3 is 0 Å². The second-order valence-corrected chi connectivity index (χ2v) is 5.63. The third kappa shape index (κ3) is 2.76. The first kappa shape index (κ1) is 16.2. The highest BCUT2D eigenvalue weighted by molar-refractivity contribution is 6.06. The van der Waals surface area contributed by atoms with E-state index in [4.69, 9.17) is 10.2 Å². The predicted octanol–water partition coefficient (Wildman–Crippen LogP) is 1.08. The first-order valence-corrected chi connectivity index (χ1v) is 7.34. The molecule has 0 aliphatic carbocycles. The number of carbonyl (C=O) groups is 1. The van der Waals surface area contributed by atoms with Crippen molar-refractivity contribution in [2.45, 2.75) is 39.2 Å². The van der Waals surface area contributed by atoms with E-state index >= 15 is 0 Å². The Morgan fingerprint density at radius 3 is 2.68 bits per heavy atom. The monoisotopic (exact) mass is 306 g/mol. The van der Waals surface area contributed by atoms with Crippen LogP contribution in [0.4, 0.5) is 0 Å². The Morgan fingerprint density at radius 2 is 2.09 bits per heavy atom. The second kappa shape index (κ2) is 5.92. The molecule has 0 radical (unpaired) electrons. The standard InChI is InChI=1S/C15H22N4O3/c1-5-15(16,6-2)7-17-12(20)10-9(3)22-13-11(10)14(21)19(4)8-18-13/h8H,5-7,16H2,1-4H3,(H,17,20). The van der Waals surface area contributed by atoms with E-state index in [-0.39, 0.29) is 28.1 Å². The van der Waals surface area contributed by atoms with Crippen molar-refractivity contribution < 1.29 is 9.21 Å². The molecule has 0 aliphatic heterocycles. The van der Waals surface area contributed by atoms with E-state index < -0.39 is 5.54 Å². The molecule has 0 spiro atoms. The summed E-state index contributed by atoms with van der Waals surface area (Å²) in [5.41, 5.74) is 5.84. The molecule has 2 rings (SSSR count). The van der Waals surface area contributed by atoms with Gasteiger partial charge in [0.25, 0.3) is 11.5 Å². The van der Waals surface area contributed by atoms with Crippen molar-refractivity contribution in [3.8, 4) is 0 Å². The lowest BCUT2D eigenvalue weighted by Crippen LogP contribution is -2.49. The fourth-order valence-corrected chi connectivity index (χ4v) is 2.31. The van der Waals surface area contributed by atoms with Gasteiger partial charge in [-0.2, -0.15) is 0 Å². The topological polar surface area (TPSA) is 103 Å². The number of aromatic nitrogens is 2. The molecule has 0 fully saturated rings. The first-order chi connectivity index (χ1) is 10.3. The molecule has 1 amide bonds. The van der Waals surface area contributed by atoms with Gasteiger partial charge in [0.1, 0.15) is 17.5 Å². The maximum atomic E-state index is 12.5. The lowest BCUT2D eigenvalue weighted by atomic mass is 9.94. The summed E-state index contributed by atoms with van der Waals surface area (Å²) < 4.78 is 6.74. The number of nitrogens with zero attached hydrogens (tertiary/aromatic N) is 2. The molecular formula is C15H22N4O3. The van der Waals surface area contributed by atoms with Crippen molar-refractivity contribution in [2.24, 2.45) is 12.8 Å². The molecule has 7 heteroatoms. The van der Waals surface area contributed by atoms with Crippen LogP contribution < -0.4 is 16.6 Å². The Kier molecular flexibility index (Phi) is 4.37. The van der Waals surface area contributed by atoms with Gasteiger partial charge in [-0.25, -0.2) is 4.98 Å². The number of furan rings is 1. The fraction of sp³-hybridized carbons (Fsp3) is 0.533. The zero-order chi connectivity index (χ0) is 16.5. The molecule has 0 bridgehead atoms. The lowest BCUT2D eigenvalue weighted by molar-refractivity contribution is 0.0942. The van der Waals surface area contributed by atoms with Gasteiger partial charge in [-0.3, -0.25) is 9.59 Å². The van der Waals surface area contributed by atoms with Crippen molar-refractivity contribution in [3.05, 3.63) is 28.0 Å². The Morgan fingerprint density at radius 1 is 1.45 bits per heavy atom. The largest absolute Gasteiger partial charge is 0.442 e. The van der Waals surface area contributed by atoms with Gasteiger partial charge in [-0.05, 0) is 19.8 Å². The zero-order valence-electron chi connectivity index (χ0n) is 13.4. The van der Waals surface area contributed by atoms with E-state index in [0.29, 0.717) is 12.3 Å². The minimum absolute atomic E-state index is 0.177. The summed E-state index contributed by atoms with van der Waals surface area (Å²) in [6.45, 7) is 5.94. The van der Waals surface area contributed by atoms with Crippen molar-refractivity contribution >= 4 is 17.0 Å². The number of hydrogen-bond acceptors (Lipinski definition) is 5. The number of nitrogens with one attached hydrogen (secondary N) is 1. The van der Waals surface area contributed by atoms with Gasteiger partial charge < -0.3 is 20.0 Å². The molecule has 0 saturated carbocycles. The minimum Gasteiger partial charge on any atom is -0.442 e. The van der Waals surface area contributed by atoms with Gasteiger partial charge in [0.2, 0.25) is 5.71 Å². The van der Waals surface area contributed by atoms with E-state index in [1.165, 1.54) is 10.9 Å². The van der Waals surface area contributed by atoms with Crippen LogP contribution in [-0.2, 0) is 7.05 Å². The summed E-state index contributed by atoms with van der Waals surface area (Å²) in [4.78, 5) is 28.8. The number of rotatable bonds is 5. The van der Waals surface area contributed by atoms with Gasteiger partial charge in [0, 0.05) is 19.1 Å². The van der Waals surface area contributed by atoms with E-state index in [1.807, 2.05) is 13.8 Å². The molecule has 7 nitrogen and oxygen atoms in total. The van der Waals surface area contributed by atoms with Crippen LogP contribution in [0.5, 0.6) is 0 Å². The van der Waals surface area contributed by atoms with E-state index in [0.717, 1.165) is 12.8 Å². The van der Waals surface area contributed by atoms with Gasteiger partial charge in [-0.1, -0.05) is 13.8 Å². The number of carbonyl (C=O) groups excluding carboxylic acids is 1. The molecule has 0 unspecified atom stereocenters. The highest BCUT2D eigenvalue weighted by Gasteiger charge is 2.25. The summed E-state index contributed by atoms with van der Waals surface area (Å²) in [7, 11) is 1.58. The predicted molar refractivity (Wildman–Crippen MR) is 83.8 cm³/mol. The molecule has 0 aliphatic rings. The average molecular weight is 306 g/mol. The number of aryl methyl sites for hydroxylation is 2. The van der Waals surface area contributed by atoms with Crippen molar-refractivity contribution in [1.29, 1.82) is 0 Å². The third-order valence-electron chi connectivity index (χ3n) is 4.18. The van der Waals surface area contributed by atoms with Gasteiger partial charge in [-0.15, -0.1) is 0 Å². The maximum Gasteiger partial charge on any atom is 0.265 e. The summed E-state index contributed by atoms with van der Waals surface area (Å²) >= 11 is 0. The van der Waals surface area contributed by atoms with Crippen LogP contribution in [0.3, 0.4) is 0 Å². The molecule has 120 valence electrons. The molecule has 0 saturated heterocycles. The molecule has 0 atom stereocenters. The molecule has 0 aromatic carbocycles. The summed E-state index contributed by atoms with van der Waals surface area (Å²) in [6.07, 6.45) is 2.87. The average Bonchev–Trinajstić information content (AvgIpc) is 2.85. The van der Waals surface area contributed by atoms with Gasteiger partial charge in [0.15, 0.2) is 0 Å². The van der Waals surface area contributed by atoms with E-state index in [9.17, 15) is 9.59 Å². The lowest BCUT2D eigenvalue weighted by Gasteiger charge is -2.26. The highest BCUT2D eigenvalue weighted by atomic mass is 16.3. The summed E-state index contributed by atoms with van der Waals surface area (Å²) in [6, 6.07) is 0. The maximum absolute atomic E-state index is 12.5. The van der Waals surface area contributed by atoms with E-state index in [2.05, 4.69) is 10.3 Å². The van der Waals surface area contributed by atoms with Crippen LogP contribution in [0, 0.1) is 6.92 Å². The Labute approximate surface area is 128 Å². The molecule has 2 aromatic rings. The quantitative estimate of drug-likeness (QED) is 0.860. The molecule has 3 N–H and O–H groups in total. The van der Waals surface area contributed by atoms with Crippen molar-refractivity contribution in [1.82, 2.24) is 14.9 Å². The van der Waals surface area contributed by atoms with Crippen LogP contribution in [0.25, 0.3) is 11.1 Å². The number of fused-ring (bicyclic) bond motifs is 1. The number of nitrogens with two attached hydrogens (primary N) is 1.